The number of hydrogen-bond acceptors (Lipinski definition) is 4. The second kappa shape index (κ2) is 5.87. The molecule has 0 bridgehead atoms. The van der Waals surface area contributed by atoms with Crippen molar-refractivity contribution < 1.29 is 9.47 Å². The number of rotatable bonds is 4. The molecule has 1 aliphatic rings. The quantitative estimate of drug-likeness (QED) is 0.865. The van der Waals surface area contributed by atoms with Crippen LogP contribution in [0.3, 0.4) is 0 Å². The zero-order chi connectivity index (χ0) is 12.1. The van der Waals surface area contributed by atoms with Gasteiger partial charge in [0, 0.05) is 30.3 Å². The third-order valence-electron chi connectivity index (χ3n) is 3.00. The van der Waals surface area contributed by atoms with Crippen LogP contribution in [0, 0.1) is 12.8 Å². The van der Waals surface area contributed by atoms with Gasteiger partial charge in [-0.25, -0.2) is 4.98 Å². The number of pyridine rings is 1. The smallest absolute Gasteiger partial charge is 0.216 e. The Balaban J connectivity index is 1.91. The van der Waals surface area contributed by atoms with Crippen LogP contribution in [0.5, 0.6) is 11.6 Å². The molecule has 1 fully saturated rings. The summed E-state index contributed by atoms with van der Waals surface area (Å²) in [5.41, 5.74) is 0.918. The maximum atomic E-state index is 5.81. The van der Waals surface area contributed by atoms with Crippen LogP contribution >= 0.6 is 0 Å². The zero-order valence-corrected chi connectivity index (χ0v) is 10.5. The lowest BCUT2D eigenvalue weighted by molar-refractivity contribution is 0.217. The van der Waals surface area contributed by atoms with Crippen LogP contribution in [-0.2, 0) is 0 Å². The maximum absolute atomic E-state index is 5.81. The Morgan fingerprint density at radius 1 is 1.47 bits per heavy atom. The molecule has 0 radical (unpaired) electrons. The number of nitrogens with zero attached hydrogens (tertiary/aromatic N) is 1. The maximum Gasteiger partial charge on any atom is 0.216 e. The molecule has 0 saturated carbocycles. The molecule has 0 aromatic carbocycles. The Kier molecular flexibility index (Phi) is 4.20. The fourth-order valence-corrected chi connectivity index (χ4v) is 2.08. The molecule has 4 nitrogen and oxygen atoms in total. The van der Waals surface area contributed by atoms with E-state index in [9.17, 15) is 0 Å². The van der Waals surface area contributed by atoms with Gasteiger partial charge >= 0.3 is 0 Å². The van der Waals surface area contributed by atoms with E-state index in [0.29, 0.717) is 11.8 Å². The molecule has 1 aliphatic heterocycles. The van der Waals surface area contributed by atoms with Crippen molar-refractivity contribution in [1.29, 1.82) is 0 Å². The van der Waals surface area contributed by atoms with Crippen LogP contribution < -0.4 is 14.8 Å². The number of nitrogens with one attached hydrogen (secondary N) is 1. The number of hydrogen-bond donors (Lipinski definition) is 1. The van der Waals surface area contributed by atoms with Gasteiger partial charge in [-0.1, -0.05) is 0 Å². The number of aromatic nitrogens is 1. The average Bonchev–Trinajstić information content (AvgIpc) is 2.37. The summed E-state index contributed by atoms with van der Waals surface area (Å²) >= 11 is 0. The Bertz CT molecular complexity index is 362. The van der Waals surface area contributed by atoms with Crippen molar-refractivity contribution >= 4 is 0 Å². The minimum atomic E-state index is 0.613. The normalized spacial score (nSPS) is 20.0. The molecule has 94 valence electrons. The first-order valence-corrected chi connectivity index (χ1v) is 6.14. The van der Waals surface area contributed by atoms with E-state index in [-0.39, 0.29) is 0 Å². The Hall–Kier alpha value is -1.29. The van der Waals surface area contributed by atoms with Gasteiger partial charge < -0.3 is 14.8 Å². The minimum absolute atomic E-state index is 0.613. The molecule has 1 aromatic rings. The lowest BCUT2D eigenvalue weighted by Crippen LogP contribution is -2.33. The van der Waals surface area contributed by atoms with Crippen LogP contribution in [0.4, 0.5) is 0 Å². The first-order valence-electron chi connectivity index (χ1n) is 6.14. The Morgan fingerprint density at radius 3 is 3.06 bits per heavy atom. The lowest BCUT2D eigenvalue weighted by atomic mass is 10.0. The van der Waals surface area contributed by atoms with E-state index < -0.39 is 0 Å². The number of methoxy groups -OCH3 is 1. The first-order chi connectivity index (χ1) is 8.28. The number of aryl methyl sites for hydroxylation is 1. The molecule has 0 aliphatic carbocycles. The molecule has 1 N–H and O–H groups in total. The summed E-state index contributed by atoms with van der Waals surface area (Å²) in [6.07, 6.45) is 2.49. The SMILES string of the molecule is COc1cc(OCC2CCCNC2)cc(C)n1. The van der Waals surface area contributed by atoms with Gasteiger partial charge in [0.1, 0.15) is 5.75 Å². The van der Waals surface area contributed by atoms with Gasteiger partial charge in [-0.2, -0.15) is 0 Å². The molecule has 1 saturated heterocycles. The molecule has 2 rings (SSSR count). The zero-order valence-electron chi connectivity index (χ0n) is 10.5. The second-order valence-electron chi connectivity index (χ2n) is 4.51. The molecule has 17 heavy (non-hydrogen) atoms. The van der Waals surface area contributed by atoms with E-state index in [2.05, 4.69) is 10.3 Å². The third-order valence-corrected chi connectivity index (χ3v) is 3.00. The topological polar surface area (TPSA) is 43.4 Å². The summed E-state index contributed by atoms with van der Waals surface area (Å²) in [6, 6.07) is 3.78. The van der Waals surface area contributed by atoms with Crippen LogP contribution in [-0.4, -0.2) is 31.8 Å². The van der Waals surface area contributed by atoms with Gasteiger partial charge in [0.25, 0.3) is 0 Å². The van der Waals surface area contributed by atoms with Crippen molar-refractivity contribution in [3.8, 4) is 11.6 Å². The Morgan fingerprint density at radius 2 is 2.35 bits per heavy atom. The highest BCUT2D eigenvalue weighted by atomic mass is 16.5. The van der Waals surface area contributed by atoms with E-state index >= 15 is 0 Å². The molecular formula is C13H20N2O2. The largest absolute Gasteiger partial charge is 0.493 e. The summed E-state index contributed by atoms with van der Waals surface area (Å²) in [6.45, 7) is 4.90. The summed E-state index contributed by atoms with van der Waals surface area (Å²) in [4.78, 5) is 4.23. The van der Waals surface area contributed by atoms with E-state index in [1.807, 2.05) is 19.1 Å². The van der Waals surface area contributed by atoms with Crippen LogP contribution in [0.2, 0.25) is 0 Å². The van der Waals surface area contributed by atoms with Crippen LogP contribution in [0.1, 0.15) is 18.5 Å². The Labute approximate surface area is 102 Å². The molecule has 1 unspecified atom stereocenters. The summed E-state index contributed by atoms with van der Waals surface area (Å²) in [5, 5.41) is 3.39. The monoisotopic (exact) mass is 236 g/mol. The van der Waals surface area contributed by atoms with Crippen LogP contribution in [0.25, 0.3) is 0 Å². The van der Waals surface area contributed by atoms with Crippen molar-refractivity contribution in [3.05, 3.63) is 17.8 Å². The van der Waals surface area contributed by atoms with Crippen molar-refractivity contribution in [2.75, 3.05) is 26.8 Å². The van der Waals surface area contributed by atoms with Crippen molar-refractivity contribution in [1.82, 2.24) is 10.3 Å². The van der Waals surface area contributed by atoms with E-state index in [1.54, 1.807) is 7.11 Å². The fraction of sp³-hybridized carbons (Fsp3) is 0.615. The van der Waals surface area contributed by atoms with Gasteiger partial charge in [0.2, 0.25) is 5.88 Å². The highest BCUT2D eigenvalue weighted by Gasteiger charge is 2.13. The van der Waals surface area contributed by atoms with Crippen molar-refractivity contribution in [3.63, 3.8) is 0 Å². The van der Waals surface area contributed by atoms with Gasteiger partial charge in [-0.15, -0.1) is 0 Å². The predicted molar refractivity (Wildman–Crippen MR) is 66.6 cm³/mol. The first kappa shape index (κ1) is 12.2. The molecule has 0 spiro atoms. The fourth-order valence-electron chi connectivity index (χ4n) is 2.08. The number of ether oxygens (including phenoxy) is 2. The minimum Gasteiger partial charge on any atom is -0.493 e. The van der Waals surface area contributed by atoms with Crippen LogP contribution in [0.15, 0.2) is 12.1 Å². The van der Waals surface area contributed by atoms with E-state index in [4.69, 9.17) is 9.47 Å². The van der Waals surface area contributed by atoms with Gasteiger partial charge in [0.05, 0.1) is 13.7 Å². The summed E-state index contributed by atoms with van der Waals surface area (Å²) < 4.78 is 10.9. The van der Waals surface area contributed by atoms with Gasteiger partial charge in [-0.3, -0.25) is 0 Å². The van der Waals surface area contributed by atoms with E-state index in [1.165, 1.54) is 12.8 Å². The summed E-state index contributed by atoms with van der Waals surface area (Å²) in [7, 11) is 1.62. The van der Waals surface area contributed by atoms with E-state index in [0.717, 1.165) is 31.1 Å². The molecule has 1 atom stereocenters. The van der Waals surface area contributed by atoms with Crippen molar-refractivity contribution in [2.24, 2.45) is 5.92 Å². The van der Waals surface area contributed by atoms with Gasteiger partial charge in [0.15, 0.2) is 0 Å². The highest BCUT2D eigenvalue weighted by molar-refractivity contribution is 5.29. The molecule has 1 aromatic heterocycles. The molecule has 0 amide bonds. The average molecular weight is 236 g/mol. The van der Waals surface area contributed by atoms with Gasteiger partial charge in [-0.05, 0) is 26.3 Å². The molecule has 4 heteroatoms. The summed E-state index contributed by atoms with van der Waals surface area (Å²) in [5.74, 6) is 2.07. The molecular weight excluding hydrogens is 216 g/mol. The second-order valence-corrected chi connectivity index (χ2v) is 4.51. The predicted octanol–water partition coefficient (Wildman–Crippen LogP) is 1.78. The van der Waals surface area contributed by atoms with Crippen molar-refractivity contribution in [2.45, 2.75) is 19.8 Å². The third kappa shape index (κ3) is 3.60. The lowest BCUT2D eigenvalue weighted by Gasteiger charge is -2.22. The standard InChI is InChI=1S/C13H20N2O2/c1-10-6-12(7-13(15-10)16-2)17-9-11-4-3-5-14-8-11/h6-7,11,14H,3-5,8-9H2,1-2H3. The molecule has 2 heterocycles. The number of piperidine rings is 1. The highest BCUT2D eigenvalue weighted by Crippen LogP contribution is 2.20.